The van der Waals surface area contributed by atoms with Crippen LogP contribution in [0.3, 0.4) is 0 Å². The zero-order valence-electron chi connectivity index (χ0n) is 24.6. The molecule has 0 aliphatic carbocycles. The van der Waals surface area contributed by atoms with Crippen LogP contribution < -0.4 is 15.0 Å². The molecule has 7 heteroatoms. The van der Waals surface area contributed by atoms with E-state index in [0.29, 0.717) is 25.1 Å². The van der Waals surface area contributed by atoms with Crippen molar-refractivity contribution in [2.24, 2.45) is 0 Å². The van der Waals surface area contributed by atoms with Crippen molar-refractivity contribution in [2.45, 2.75) is 32.5 Å². The Balaban J connectivity index is 1.71. The third-order valence-electron chi connectivity index (χ3n) is 7.19. The Morgan fingerprint density at radius 3 is 2.19 bits per heavy atom. The topological polar surface area (TPSA) is 67.9 Å². The lowest BCUT2D eigenvalue weighted by atomic mass is 9.93. The number of thioether (sulfide) groups is 1. The van der Waals surface area contributed by atoms with E-state index >= 15 is 0 Å². The minimum absolute atomic E-state index is 0.299. The van der Waals surface area contributed by atoms with Crippen molar-refractivity contribution < 1.29 is 19.1 Å². The quantitative estimate of drug-likeness (QED) is 0.173. The van der Waals surface area contributed by atoms with Gasteiger partial charge in [-0.1, -0.05) is 60.7 Å². The molecular formula is C35H38N2O4S. The summed E-state index contributed by atoms with van der Waals surface area (Å²) in [6, 6.07) is 31.7. The summed E-state index contributed by atoms with van der Waals surface area (Å²) in [5.41, 5.74) is 6.70. The van der Waals surface area contributed by atoms with E-state index < -0.39 is 12.0 Å². The van der Waals surface area contributed by atoms with E-state index in [1.165, 1.54) is 12.7 Å². The molecule has 0 radical (unpaired) electrons. The number of hydrogen-bond acceptors (Lipinski definition) is 6. The number of carbonyl (C=O) groups is 2. The van der Waals surface area contributed by atoms with Gasteiger partial charge in [0.15, 0.2) is 0 Å². The number of rotatable bonds is 13. The maximum atomic E-state index is 13.7. The van der Waals surface area contributed by atoms with E-state index in [-0.39, 0.29) is 5.91 Å². The highest BCUT2D eigenvalue weighted by Crippen LogP contribution is 2.30. The van der Waals surface area contributed by atoms with E-state index in [9.17, 15) is 9.59 Å². The molecule has 0 aliphatic rings. The van der Waals surface area contributed by atoms with Gasteiger partial charge in [-0.2, -0.15) is 11.8 Å². The molecule has 1 atom stereocenters. The largest absolute Gasteiger partial charge is 0.497 e. The Hall–Kier alpha value is -4.23. The number of hydrogen-bond donors (Lipinski definition) is 1. The molecule has 4 aromatic rings. The lowest BCUT2D eigenvalue weighted by molar-refractivity contribution is -0.142. The van der Waals surface area contributed by atoms with Crippen LogP contribution in [0.1, 0.15) is 33.5 Å². The van der Waals surface area contributed by atoms with Crippen LogP contribution in [-0.4, -0.2) is 44.1 Å². The van der Waals surface area contributed by atoms with Crippen LogP contribution in [-0.2, 0) is 22.6 Å². The van der Waals surface area contributed by atoms with E-state index in [1.54, 1.807) is 18.9 Å². The zero-order valence-corrected chi connectivity index (χ0v) is 25.4. The van der Waals surface area contributed by atoms with Gasteiger partial charge in [-0.15, -0.1) is 0 Å². The number of benzene rings is 4. The second kappa shape index (κ2) is 15.1. The molecular weight excluding hydrogens is 544 g/mol. The van der Waals surface area contributed by atoms with Crippen molar-refractivity contribution in [3.05, 3.63) is 119 Å². The Bertz CT molecular complexity index is 1470. The molecule has 0 heterocycles. The van der Waals surface area contributed by atoms with Crippen LogP contribution >= 0.6 is 11.8 Å². The molecule has 0 bridgehead atoms. The van der Waals surface area contributed by atoms with Crippen LogP contribution in [0.25, 0.3) is 11.1 Å². The van der Waals surface area contributed by atoms with Crippen molar-refractivity contribution in [1.29, 1.82) is 0 Å². The van der Waals surface area contributed by atoms with Crippen molar-refractivity contribution in [1.82, 2.24) is 5.32 Å². The first-order valence-corrected chi connectivity index (χ1v) is 15.3. The van der Waals surface area contributed by atoms with Gasteiger partial charge in [0, 0.05) is 24.3 Å². The van der Waals surface area contributed by atoms with Gasteiger partial charge in [-0.3, -0.25) is 4.79 Å². The van der Waals surface area contributed by atoms with Crippen LogP contribution in [0.5, 0.6) is 5.75 Å². The van der Waals surface area contributed by atoms with Gasteiger partial charge in [-0.05, 0) is 89.6 Å². The van der Waals surface area contributed by atoms with Crippen LogP contribution in [0.2, 0.25) is 0 Å². The highest BCUT2D eigenvalue weighted by molar-refractivity contribution is 7.98. The summed E-state index contributed by atoms with van der Waals surface area (Å²) in [5.74, 6) is 0.792. The Morgan fingerprint density at radius 1 is 0.833 bits per heavy atom. The Morgan fingerprint density at radius 2 is 1.52 bits per heavy atom. The van der Waals surface area contributed by atoms with E-state index in [4.69, 9.17) is 9.47 Å². The molecule has 1 N–H and O–H groups in total. The maximum absolute atomic E-state index is 13.7. The van der Waals surface area contributed by atoms with E-state index in [2.05, 4.69) is 40.5 Å². The smallest absolute Gasteiger partial charge is 0.328 e. The molecule has 0 aromatic heterocycles. The number of aryl methyl sites for hydroxylation is 1. The standard InChI is InChI=1S/C35H38N2O4S/c1-25-10-8-9-13-30(25)32-22-27(14-19-31(32)34(38)36-33(20-21-42-4)35(39)41-3)24-37(23-26-11-6-5-7-12-26)28-15-17-29(40-2)18-16-28/h5-19,22,33H,20-21,23-24H2,1-4H3,(H,36,38). The van der Waals surface area contributed by atoms with Crippen molar-refractivity contribution in [2.75, 3.05) is 31.1 Å². The van der Waals surface area contributed by atoms with Gasteiger partial charge in [0.25, 0.3) is 5.91 Å². The number of nitrogens with zero attached hydrogens (tertiary/aromatic N) is 1. The van der Waals surface area contributed by atoms with Crippen LogP contribution in [0.15, 0.2) is 97.1 Å². The van der Waals surface area contributed by atoms with Gasteiger partial charge in [0.05, 0.1) is 14.2 Å². The van der Waals surface area contributed by atoms with Crippen molar-refractivity contribution in [3.8, 4) is 16.9 Å². The second-order valence-corrected chi connectivity index (χ2v) is 11.1. The minimum Gasteiger partial charge on any atom is -0.497 e. The second-order valence-electron chi connectivity index (χ2n) is 10.1. The molecule has 0 fully saturated rings. The van der Waals surface area contributed by atoms with E-state index in [1.807, 2.05) is 79.9 Å². The average molecular weight is 583 g/mol. The molecule has 4 aromatic carbocycles. The summed E-state index contributed by atoms with van der Waals surface area (Å²) in [6.45, 7) is 3.38. The summed E-state index contributed by atoms with van der Waals surface area (Å²) in [7, 11) is 3.01. The van der Waals surface area contributed by atoms with Gasteiger partial charge < -0.3 is 19.7 Å². The fourth-order valence-electron chi connectivity index (χ4n) is 4.90. The predicted octanol–water partition coefficient (Wildman–Crippen LogP) is 6.90. The molecule has 1 unspecified atom stereocenters. The summed E-state index contributed by atoms with van der Waals surface area (Å²) in [6.07, 6.45) is 2.46. The number of ether oxygens (including phenoxy) is 2. The molecule has 0 aliphatic heterocycles. The number of methoxy groups -OCH3 is 2. The number of amides is 1. The SMILES string of the molecule is COC(=O)C(CCSC)NC(=O)c1ccc(CN(Cc2ccccc2)c2ccc(OC)cc2)cc1-c1ccccc1C. The van der Waals surface area contributed by atoms with E-state index in [0.717, 1.165) is 39.4 Å². The van der Waals surface area contributed by atoms with Gasteiger partial charge in [0.1, 0.15) is 11.8 Å². The fourth-order valence-corrected chi connectivity index (χ4v) is 5.38. The third-order valence-corrected chi connectivity index (χ3v) is 7.84. The van der Waals surface area contributed by atoms with Crippen molar-refractivity contribution >= 4 is 29.3 Å². The zero-order chi connectivity index (χ0) is 29.9. The molecule has 4 rings (SSSR count). The van der Waals surface area contributed by atoms with Gasteiger partial charge in [0.2, 0.25) is 0 Å². The molecule has 42 heavy (non-hydrogen) atoms. The number of nitrogens with one attached hydrogen (secondary N) is 1. The van der Waals surface area contributed by atoms with Gasteiger partial charge >= 0.3 is 5.97 Å². The first kappa shape index (κ1) is 30.7. The summed E-state index contributed by atoms with van der Waals surface area (Å²) < 4.78 is 10.4. The van der Waals surface area contributed by atoms with Crippen LogP contribution in [0.4, 0.5) is 5.69 Å². The molecule has 0 spiro atoms. The summed E-state index contributed by atoms with van der Waals surface area (Å²) >= 11 is 1.62. The summed E-state index contributed by atoms with van der Waals surface area (Å²) in [5, 5.41) is 2.93. The lowest BCUT2D eigenvalue weighted by Gasteiger charge is -2.26. The minimum atomic E-state index is -0.712. The molecule has 0 saturated heterocycles. The average Bonchev–Trinajstić information content (AvgIpc) is 3.03. The fraction of sp³-hybridized carbons (Fsp3) is 0.257. The number of carbonyl (C=O) groups excluding carboxylic acids is 2. The first-order chi connectivity index (χ1) is 20.4. The monoisotopic (exact) mass is 582 g/mol. The maximum Gasteiger partial charge on any atom is 0.328 e. The number of esters is 1. The Labute approximate surface area is 253 Å². The lowest BCUT2D eigenvalue weighted by Crippen LogP contribution is -2.42. The molecule has 0 saturated carbocycles. The summed E-state index contributed by atoms with van der Waals surface area (Å²) in [4.78, 5) is 28.4. The molecule has 1 amide bonds. The highest BCUT2D eigenvalue weighted by Gasteiger charge is 2.24. The highest BCUT2D eigenvalue weighted by atomic mass is 32.2. The molecule has 6 nitrogen and oxygen atoms in total. The number of anilines is 1. The normalized spacial score (nSPS) is 11.4. The van der Waals surface area contributed by atoms with Crippen molar-refractivity contribution in [3.63, 3.8) is 0 Å². The third kappa shape index (κ3) is 7.95. The van der Waals surface area contributed by atoms with Gasteiger partial charge in [-0.25, -0.2) is 4.79 Å². The molecule has 218 valence electrons. The predicted molar refractivity (Wildman–Crippen MR) is 172 cm³/mol. The van der Waals surface area contributed by atoms with Crippen LogP contribution in [0, 0.1) is 6.92 Å². The first-order valence-electron chi connectivity index (χ1n) is 13.9. The Kier molecular flexibility index (Phi) is 11.1.